The van der Waals surface area contributed by atoms with Crippen LogP contribution in [0.5, 0.6) is 0 Å². The Hall–Kier alpha value is -1.71. The van der Waals surface area contributed by atoms with Crippen LogP contribution < -0.4 is 5.32 Å². The highest BCUT2D eigenvalue weighted by molar-refractivity contribution is 5.33. The Morgan fingerprint density at radius 3 is 2.24 bits per heavy atom. The lowest BCUT2D eigenvalue weighted by Gasteiger charge is -2.35. The Morgan fingerprint density at radius 2 is 1.62 bits per heavy atom. The van der Waals surface area contributed by atoms with E-state index in [-0.39, 0.29) is 0 Å². The van der Waals surface area contributed by atoms with Gasteiger partial charge in [0.25, 0.3) is 0 Å². The fraction of sp³-hybridized carbons (Fsp3) is 0.389. The van der Waals surface area contributed by atoms with Crippen LogP contribution in [0.1, 0.15) is 29.7 Å². The Balaban J connectivity index is 1.94. The molecule has 0 radical (unpaired) electrons. The van der Waals surface area contributed by atoms with Gasteiger partial charge in [0.15, 0.2) is 0 Å². The molecular weight excluding hydrogens is 258 g/mol. The van der Waals surface area contributed by atoms with Crippen LogP contribution in [-0.2, 0) is 6.42 Å². The van der Waals surface area contributed by atoms with E-state index >= 15 is 0 Å². The van der Waals surface area contributed by atoms with Gasteiger partial charge in [-0.05, 0) is 35.2 Å². The number of piperazine rings is 1. The molecule has 2 heterocycles. The van der Waals surface area contributed by atoms with Crippen LogP contribution >= 0.6 is 0 Å². The van der Waals surface area contributed by atoms with Crippen molar-refractivity contribution >= 4 is 0 Å². The van der Waals surface area contributed by atoms with Gasteiger partial charge in [0.2, 0.25) is 0 Å². The molecule has 1 aromatic carbocycles. The highest BCUT2D eigenvalue weighted by Crippen LogP contribution is 2.28. The first-order valence-corrected chi connectivity index (χ1v) is 7.82. The van der Waals surface area contributed by atoms with Crippen molar-refractivity contribution in [2.45, 2.75) is 19.4 Å². The van der Waals surface area contributed by atoms with E-state index in [0.717, 1.165) is 32.6 Å². The molecule has 1 N–H and O–H groups in total. The number of rotatable bonds is 4. The van der Waals surface area contributed by atoms with Crippen molar-refractivity contribution in [3.8, 4) is 0 Å². The second-order valence-electron chi connectivity index (χ2n) is 5.56. The van der Waals surface area contributed by atoms with Gasteiger partial charge in [0.1, 0.15) is 0 Å². The predicted octanol–water partition coefficient (Wildman–Crippen LogP) is 2.64. The van der Waals surface area contributed by atoms with Gasteiger partial charge in [-0.25, -0.2) is 0 Å². The number of nitrogens with one attached hydrogen (secondary N) is 1. The average Bonchev–Trinajstić information content (AvgIpc) is 2.58. The van der Waals surface area contributed by atoms with Crippen LogP contribution in [0.25, 0.3) is 0 Å². The average molecular weight is 281 g/mol. The molecule has 3 nitrogen and oxygen atoms in total. The van der Waals surface area contributed by atoms with E-state index in [1.807, 2.05) is 12.4 Å². The highest BCUT2D eigenvalue weighted by Gasteiger charge is 2.23. The van der Waals surface area contributed by atoms with Gasteiger partial charge in [-0.2, -0.15) is 0 Å². The SMILES string of the molecule is CCc1ccc(C(c2ccncc2)N2CCNCC2)cc1. The van der Waals surface area contributed by atoms with Gasteiger partial charge >= 0.3 is 0 Å². The van der Waals surface area contributed by atoms with Crippen LogP contribution in [0.15, 0.2) is 48.8 Å². The minimum Gasteiger partial charge on any atom is -0.314 e. The molecule has 110 valence electrons. The molecular formula is C18H23N3. The van der Waals surface area contributed by atoms with Gasteiger partial charge in [0.05, 0.1) is 6.04 Å². The maximum absolute atomic E-state index is 4.16. The van der Waals surface area contributed by atoms with Crippen LogP contribution in [0.4, 0.5) is 0 Å². The highest BCUT2D eigenvalue weighted by atomic mass is 15.2. The number of hydrogen-bond donors (Lipinski definition) is 1. The summed E-state index contributed by atoms with van der Waals surface area (Å²) in [5.74, 6) is 0. The maximum Gasteiger partial charge on any atom is 0.0603 e. The first-order chi connectivity index (χ1) is 10.4. The van der Waals surface area contributed by atoms with Crippen molar-refractivity contribution in [1.82, 2.24) is 15.2 Å². The Kier molecular flexibility index (Phi) is 4.63. The van der Waals surface area contributed by atoms with E-state index in [1.54, 1.807) is 0 Å². The van der Waals surface area contributed by atoms with Gasteiger partial charge in [-0.3, -0.25) is 9.88 Å². The van der Waals surface area contributed by atoms with Gasteiger partial charge in [0, 0.05) is 38.6 Å². The molecule has 0 spiro atoms. The van der Waals surface area contributed by atoms with Crippen molar-refractivity contribution in [1.29, 1.82) is 0 Å². The summed E-state index contributed by atoms with van der Waals surface area (Å²) in [5, 5.41) is 3.44. The number of nitrogens with zero attached hydrogens (tertiary/aromatic N) is 2. The van der Waals surface area contributed by atoms with Gasteiger partial charge in [-0.15, -0.1) is 0 Å². The van der Waals surface area contributed by atoms with Crippen LogP contribution in [0.3, 0.4) is 0 Å². The van der Waals surface area contributed by atoms with E-state index in [4.69, 9.17) is 0 Å². The molecule has 1 aromatic heterocycles. The molecule has 3 rings (SSSR count). The third-order valence-electron chi connectivity index (χ3n) is 4.24. The number of hydrogen-bond acceptors (Lipinski definition) is 3. The summed E-state index contributed by atoms with van der Waals surface area (Å²) in [7, 11) is 0. The quantitative estimate of drug-likeness (QED) is 0.934. The molecule has 1 atom stereocenters. The summed E-state index contributed by atoms with van der Waals surface area (Å²) in [6.45, 7) is 6.50. The fourth-order valence-corrected chi connectivity index (χ4v) is 3.04. The lowest BCUT2D eigenvalue weighted by Crippen LogP contribution is -2.45. The van der Waals surface area contributed by atoms with E-state index in [0.29, 0.717) is 6.04 Å². The van der Waals surface area contributed by atoms with Crippen LogP contribution in [0, 0.1) is 0 Å². The zero-order valence-corrected chi connectivity index (χ0v) is 12.6. The van der Waals surface area contributed by atoms with Gasteiger partial charge in [-0.1, -0.05) is 31.2 Å². The fourth-order valence-electron chi connectivity index (χ4n) is 3.04. The normalized spacial score (nSPS) is 17.6. The summed E-state index contributed by atoms with van der Waals surface area (Å²) < 4.78 is 0. The van der Waals surface area contributed by atoms with E-state index < -0.39 is 0 Å². The summed E-state index contributed by atoms with van der Waals surface area (Å²) >= 11 is 0. The summed E-state index contributed by atoms with van der Waals surface area (Å²) in [4.78, 5) is 6.73. The largest absolute Gasteiger partial charge is 0.314 e. The van der Waals surface area contributed by atoms with Gasteiger partial charge < -0.3 is 5.32 Å². The molecule has 1 aliphatic heterocycles. The third kappa shape index (κ3) is 3.31. The monoisotopic (exact) mass is 281 g/mol. The summed E-state index contributed by atoms with van der Waals surface area (Å²) in [5.41, 5.74) is 4.10. The Bertz CT molecular complexity index is 544. The van der Waals surface area contributed by atoms with Crippen LogP contribution in [-0.4, -0.2) is 36.1 Å². The summed E-state index contributed by atoms with van der Waals surface area (Å²) in [6, 6.07) is 13.7. The second-order valence-corrected chi connectivity index (χ2v) is 5.56. The Labute approximate surface area is 127 Å². The molecule has 0 aliphatic carbocycles. The molecule has 3 heteroatoms. The number of aryl methyl sites for hydroxylation is 1. The smallest absolute Gasteiger partial charge is 0.0603 e. The Morgan fingerprint density at radius 1 is 1.00 bits per heavy atom. The zero-order valence-electron chi connectivity index (χ0n) is 12.6. The molecule has 2 aromatic rings. The van der Waals surface area contributed by atoms with E-state index in [9.17, 15) is 0 Å². The predicted molar refractivity (Wildman–Crippen MR) is 86.3 cm³/mol. The second kappa shape index (κ2) is 6.83. The lowest BCUT2D eigenvalue weighted by molar-refractivity contribution is 0.198. The molecule has 1 unspecified atom stereocenters. The van der Waals surface area contributed by atoms with Crippen molar-refractivity contribution < 1.29 is 0 Å². The van der Waals surface area contributed by atoms with E-state index in [2.05, 4.69) is 58.5 Å². The van der Waals surface area contributed by atoms with Crippen molar-refractivity contribution in [2.75, 3.05) is 26.2 Å². The standard InChI is InChI=1S/C18H23N3/c1-2-15-3-5-16(6-4-15)18(17-7-9-19-10-8-17)21-13-11-20-12-14-21/h3-10,18,20H,2,11-14H2,1H3. The molecule has 1 fully saturated rings. The zero-order chi connectivity index (χ0) is 14.5. The topological polar surface area (TPSA) is 28.2 Å². The molecule has 1 saturated heterocycles. The maximum atomic E-state index is 4.16. The van der Waals surface area contributed by atoms with Crippen molar-refractivity contribution in [3.05, 3.63) is 65.5 Å². The van der Waals surface area contributed by atoms with E-state index in [1.165, 1.54) is 16.7 Å². The molecule has 21 heavy (non-hydrogen) atoms. The third-order valence-corrected chi connectivity index (χ3v) is 4.24. The summed E-state index contributed by atoms with van der Waals surface area (Å²) in [6.07, 6.45) is 4.88. The number of pyridine rings is 1. The molecule has 0 saturated carbocycles. The lowest BCUT2D eigenvalue weighted by atomic mass is 9.96. The molecule has 0 bridgehead atoms. The number of aromatic nitrogens is 1. The van der Waals surface area contributed by atoms with Crippen molar-refractivity contribution in [2.24, 2.45) is 0 Å². The molecule has 1 aliphatic rings. The number of benzene rings is 1. The first-order valence-electron chi connectivity index (χ1n) is 7.82. The minimum absolute atomic E-state index is 0.334. The van der Waals surface area contributed by atoms with Crippen LogP contribution in [0.2, 0.25) is 0 Å². The minimum atomic E-state index is 0.334. The van der Waals surface area contributed by atoms with Crippen molar-refractivity contribution in [3.63, 3.8) is 0 Å². The molecule has 0 amide bonds. The first kappa shape index (κ1) is 14.2.